The van der Waals surface area contributed by atoms with Gasteiger partial charge in [-0.25, -0.2) is 9.59 Å². The highest BCUT2D eigenvalue weighted by atomic mass is 16.6. The molecule has 4 aliphatic rings. The molecule has 0 spiro atoms. The maximum atomic E-state index is 12.6. The zero-order chi connectivity index (χ0) is 32.1. The lowest BCUT2D eigenvalue weighted by Gasteiger charge is -2.58. The van der Waals surface area contributed by atoms with Crippen molar-refractivity contribution in [2.45, 2.75) is 138 Å². The molecule has 252 valence electrons. The molecule has 2 amide bonds. The van der Waals surface area contributed by atoms with Crippen molar-refractivity contribution in [2.75, 3.05) is 26.3 Å². The molecule has 0 aromatic carbocycles. The van der Waals surface area contributed by atoms with Gasteiger partial charge in [0.15, 0.2) is 0 Å². The van der Waals surface area contributed by atoms with Gasteiger partial charge in [0.1, 0.15) is 11.7 Å². The number of rotatable bonds is 12. The number of fused-ring (bicyclic) bond motifs is 5. The molecular weight excluding hydrogens is 552 g/mol. The molecule has 4 rings (SSSR count). The zero-order valence-corrected chi connectivity index (χ0v) is 29.3. The topological polar surface area (TPSA) is 85.9 Å². The highest BCUT2D eigenvalue weighted by Gasteiger charge is 2.59. The first kappa shape index (κ1) is 35.1. The second-order valence-electron chi connectivity index (χ2n) is 16.5. The van der Waals surface area contributed by atoms with Crippen LogP contribution in [0.1, 0.15) is 126 Å². The molecule has 0 bridgehead atoms. The van der Waals surface area contributed by atoms with Crippen molar-refractivity contribution in [1.82, 2.24) is 10.6 Å². The highest BCUT2D eigenvalue weighted by molar-refractivity contribution is 5.67. The maximum Gasteiger partial charge on any atom is 0.407 e. The Morgan fingerprint density at radius 1 is 0.932 bits per heavy atom. The Bertz CT molecular complexity index is 1000. The predicted octanol–water partition coefficient (Wildman–Crippen LogP) is 8.66. The number of hydrogen-bond acceptors (Lipinski definition) is 5. The first-order valence-corrected chi connectivity index (χ1v) is 17.9. The largest absolute Gasteiger partial charge is 0.446 e. The van der Waals surface area contributed by atoms with E-state index in [1.165, 1.54) is 51.4 Å². The minimum Gasteiger partial charge on any atom is -0.446 e. The van der Waals surface area contributed by atoms with Gasteiger partial charge in [0.25, 0.3) is 0 Å². The Balaban J connectivity index is 1.20. The summed E-state index contributed by atoms with van der Waals surface area (Å²) in [6, 6.07) is 0. The van der Waals surface area contributed by atoms with Crippen LogP contribution in [0.3, 0.4) is 0 Å². The van der Waals surface area contributed by atoms with Crippen LogP contribution in [0.25, 0.3) is 0 Å². The van der Waals surface area contributed by atoms with Crippen molar-refractivity contribution in [1.29, 1.82) is 0 Å². The Morgan fingerprint density at radius 2 is 1.64 bits per heavy atom. The number of carbonyl (C=O) groups is 2. The average molecular weight is 617 g/mol. The molecule has 0 saturated heterocycles. The molecule has 8 atom stereocenters. The third-order valence-corrected chi connectivity index (χ3v) is 12.0. The number of hydrogen-bond donors (Lipinski definition) is 2. The standard InChI is InChI=1S/C37H64N2O5/c1-25(2)10-9-11-26(3)30-14-15-31-29-13-12-27-24-28(16-18-36(27,7)32(29)17-19-37(30,31)8)43-33(40)38-20-22-42-23-21-39-34(41)44-35(4,5)6/h12,25-26,28-32H,9-11,13-24H2,1-8H3,(H,38,40)(H,39,41)/t26-,28+,29+,30-,31+,32+,36+,37-/m1/s1. The quantitative estimate of drug-likeness (QED) is 0.169. The van der Waals surface area contributed by atoms with Crippen LogP contribution in [-0.2, 0) is 14.2 Å². The van der Waals surface area contributed by atoms with Crippen LogP contribution in [0.15, 0.2) is 11.6 Å². The summed E-state index contributed by atoms with van der Waals surface area (Å²) in [7, 11) is 0. The van der Waals surface area contributed by atoms with Crippen LogP contribution in [0.5, 0.6) is 0 Å². The lowest BCUT2D eigenvalue weighted by atomic mass is 9.47. The van der Waals surface area contributed by atoms with E-state index in [-0.39, 0.29) is 17.6 Å². The summed E-state index contributed by atoms with van der Waals surface area (Å²) in [5.41, 5.74) is 1.79. The first-order valence-electron chi connectivity index (χ1n) is 17.9. The summed E-state index contributed by atoms with van der Waals surface area (Å²) in [5, 5.41) is 5.49. The van der Waals surface area contributed by atoms with E-state index in [1.807, 2.05) is 20.8 Å². The Kier molecular flexibility index (Phi) is 11.8. The van der Waals surface area contributed by atoms with E-state index in [1.54, 1.807) is 5.57 Å². The van der Waals surface area contributed by atoms with Gasteiger partial charge in [-0.15, -0.1) is 0 Å². The molecule has 44 heavy (non-hydrogen) atoms. The maximum absolute atomic E-state index is 12.6. The third-order valence-electron chi connectivity index (χ3n) is 12.0. The molecule has 0 aromatic rings. The van der Waals surface area contributed by atoms with E-state index in [9.17, 15) is 9.59 Å². The zero-order valence-electron chi connectivity index (χ0n) is 29.3. The van der Waals surface area contributed by atoms with Gasteiger partial charge >= 0.3 is 12.2 Å². The summed E-state index contributed by atoms with van der Waals surface area (Å²) >= 11 is 0. The van der Waals surface area contributed by atoms with Crippen LogP contribution in [0.2, 0.25) is 0 Å². The van der Waals surface area contributed by atoms with E-state index < -0.39 is 11.7 Å². The molecule has 7 nitrogen and oxygen atoms in total. The highest BCUT2D eigenvalue weighted by Crippen LogP contribution is 2.67. The molecule has 4 aliphatic carbocycles. The molecule has 7 heteroatoms. The van der Waals surface area contributed by atoms with Gasteiger partial charge in [0, 0.05) is 19.5 Å². The van der Waals surface area contributed by atoms with E-state index >= 15 is 0 Å². The predicted molar refractivity (Wildman–Crippen MR) is 176 cm³/mol. The van der Waals surface area contributed by atoms with E-state index in [2.05, 4.69) is 51.3 Å². The summed E-state index contributed by atoms with van der Waals surface area (Å²) < 4.78 is 16.6. The van der Waals surface area contributed by atoms with Gasteiger partial charge in [-0.3, -0.25) is 0 Å². The number of ether oxygens (including phenoxy) is 3. The third kappa shape index (κ3) is 8.53. The van der Waals surface area contributed by atoms with Crippen LogP contribution in [-0.4, -0.2) is 50.2 Å². The molecule has 0 aliphatic heterocycles. The number of amides is 2. The van der Waals surface area contributed by atoms with Gasteiger partial charge in [0.05, 0.1) is 13.2 Å². The van der Waals surface area contributed by atoms with Crippen LogP contribution in [0.4, 0.5) is 9.59 Å². The van der Waals surface area contributed by atoms with E-state index in [0.717, 1.165) is 54.8 Å². The van der Waals surface area contributed by atoms with Gasteiger partial charge in [0.2, 0.25) is 0 Å². The van der Waals surface area contributed by atoms with Crippen molar-refractivity contribution in [3.05, 3.63) is 11.6 Å². The average Bonchev–Trinajstić information content (AvgIpc) is 3.29. The Hall–Kier alpha value is -1.76. The fourth-order valence-electron chi connectivity index (χ4n) is 9.81. The minimum atomic E-state index is -0.523. The van der Waals surface area contributed by atoms with Crippen LogP contribution >= 0.6 is 0 Å². The van der Waals surface area contributed by atoms with Crippen molar-refractivity contribution in [2.24, 2.45) is 46.3 Å². The second-order valence-corrected chi connectivity index (χ2v) is 16.5. The molecule has 3 fully saturated rings. The van der Waals surface area contributed by atoms with Crippen LogP contribution < -0.4 is 10.6 Å². The SMILES string of the molecule is CC(C)CCC[C@@H](C)[C@H]1CC[C@H]2[C@@H]3CC=C4C[C@@H](OC(=O)NCCOCCNC(=O)OC(C)(C)C)CC[C@]4(C)[C@H]3CC[C@]12C. The summed E-state index contributed by atoms with van der Waals surface area (Å²) in [5.74, 6) is 5.00. The molecule has 3 saturated carbocycles. The molecule has 0 aromatic heterocycles. The minimum absolute atomic E-state index is 0.0544. The number of nitrogens with one attached hydrogen (secondary N) is 2. The van der Waals surface area contributed by atoms with Crippen molar-refractivity contribution in [3.63, 3.8) is 0 Å². The number of allylic oxidation sites excluding steroid dienone is 1. The summed E-state index contributed by atoms with van der Waals surface area (Å²) in [6.07, 6.45) is 15.6. The van der Waals surface area contributed by atoms with Crippen molar-refractivity contribution in [3.8, 4) is 0 Å². The molecular formula is C37H64N2O5. The summed E-state index contributed by atoms with van der Waals surface area (Å²) in [4.78, 5) is 24.2. The van der Waals surface area contributed by atoms with Crippen molar-refractivity contribution < 1.29 is 23.8 Å². The Labute approximate surface area is 268 Å². The van der Waals surface area contributed by atoms with Gasteiger partial charge in [-0.05, 0) is 112 Å². The number of carbonyl (C=O) groups excluding carboxylic acids is 2. The fourth-order valence-corrected chi connectivity index (χ4v) is 9.81. The van der Waals surface area contributed by atoms with Gasteiger partial charge in [-0.1, -0.05) is 65.5 Å². The molecule has 0 radical (unpaired) electrons. The lowest BCUT2D eigenvalue weighted by Crippen LogP contribution is -2.51. The van der Waals surface area contributed by atoms with Crippen molar-refractivity contribution >= 4 is 12.2 Å². The van der Waals surface area contributed by atoms with E-state index in [4.69, 9.17) is 14.2 Å². The lowest BCUT2D eigenvalue weighted by molar-refractivity contribution is -0.0581. The second kappa shape index (κ2) is 14.8. The van der Waals surface area contributed by atoms with Crippen LogP contribution in [0, 0.1) is 46.3 Å². The first-order chi connectivity index (χ1) is 20.7. The summed E-state index contributed by atoms with van der Waals surface area (Å²) in [6.45, 7) is 19.4. The molecule has 0 heterocycles. The molecule has 0 unspecified atom stereocenters. The van der Waals surface area contributed by atoms with Gasteiger partial charge in [-0.2, -0.15) is 0 Å². The van der Waals surface area contributed by atoms with Gasteiger partial charge < -0.3 is 24.8 Å². The fraction of sp³-hybridized carbons (Fsp3) is 0.892. The smallest absolute Gasteiger partial charge is 0.407 e. The van der Waals surface area contributed by atoms with E-state index in [0.29, 0.717) is 31.7 Å². The number of alkyl carbamates (subject to hydrolysis) is 2. The normalized spacial score (nSPS) is 33.8. The Morgan fingerprint density at radius 3 is 2.32 bits per heavy atom. The monoisotopic (exact) mass is 616 g/mol. The molecule has 2 N–H and O–H groups in total.